The topological polar surface area (TPSA) is 55.9 Å². The molecule has 1 saturated heterocycles. The highest BCUT2D eigenvalue weighted by Crippen LogP contribution is 2.25. The van der Waals surface area contributed by atoms with Crippen LogP contribution in [0.3, 0.4) is 0 Å². The summed E-state index contributed by atoms with van der Waals surface area (Å²) in [7, 11) is 0. The molecule has 0 unspecified atom stereocenters. The Morgan fingerprint density at radius 1 is 0.800 bits per heavy atom. The van der Waals surface area contributed by atoms with Crippen molar-refractivity contribution in [1.82, 2.24) is 9.80 Å². The SMILES string of the molecule is O=C(CN1CCN(C(=O)c2ccc(N3CCc4ccccc4C3)cc2)CC1)Nc1ccccc1Cl. The number of hydrogen-bond acceptors (Lipinski definition) is 4. The summed E-state index contributed by atoms with van der Waals surface area (Å²) >= 11 is 6.12. The van der Waals surface area contributed by atoms with Gasteiger partial charge in [0, 0.05) is 50.5 Å². The molecule has 2 aliphatic rings. The number of halogens is 1. The highest BCUT2D eigenvalue weighted by molar-refractivity contribution is 6.33. The minimum absolute atomic E-state index is 0.0423. The highest BCUT2D eigenvalue weighted by atomic mass is 35.5. The molecule has 0 radical (unpaired) electrons. The number of para-hydroxylation sites is 1. The van der Waals surface area contributed by atoms with Crippen molar-refractivity contribution in [3.05, 3.63) is 94.5 Å². The zero-order valence-electron chi connectivity index (χ0n) is 19.6. The minimum atomic E-state index is -0.103. The van der Waals surface area contributed by atoms with Crippen molar-refractivity contribution < 1.29 is 9.59 Å². The van der Waals surface area contributed by atoms with Crippen LogP contribution in [0.5, 0.6) is 0 Å². The van der Waals surface area contributed by atoms with E-state index < -0.39 is 0 Å². The van der Waals surface area contributed by atoms with Crippen molar-refractivity contribution >= 4 is 34.8 Å². The van der Waals surface area contributed by atoms with Crippen molar-refractivity contribution in [2.75, 3.05) is 49.5 Å². The van der Waals surface area contributed by atoms with Gasteiger partial charge < -0.3 is 15.1 Å². The van der Waals surface area contributed by atoms with Gasteiger partial charge in [-0.1, -0.05) is 48.0 Å². The van der Waals surface area contributed by atoms with Gasteiger partial charge in [0.15, 0.2) is 0 Å². The molecule has 0 spiro atoms. The Morgan fingerprint density at radius 3 is 2.23 bits per heavy atom. The van der Waals surface area contributed by atoms with Gasteiger partial charge in [-0.3, -0.25) is 14.5 Å². The average Bonchev–Trinajstić information content (AvgIpc) is 2.90. The number of anilines is 2. The van der Waals surface area contributed by atoms with Gasteiger partial charge in [-0.15, -0.1) is 0 Å². The monoisotopic (exact) mass is 488 g/mol. The lowest BCUT2D eigenvalue weighted by Gasteiger charge is -2.34. The van der Waals surface area contributed by atoms with E-state index in [0.717, 1.165) is 25.2 Å². The van der Waals surface area contributed by atoms with Gasteiger partial charge in [0.05, 0.1) is 17.3 Å². The number of carbonyl (C=O) groups is 2. The molecule has 0 aromatic heterocycles. The van der Waals surface area contributed by atoms with Crippen LogP contribution < -0.4 is 10.2 Å². The Morgan fingerprint density at radius 2 is 1.49 bits per heavy atom. The third kappa shape index (κ3) is 5.50. The Bertz CT molecular complexity index is 1210. The maximum Gasteiger partial charge on any atom is 0.253 e. The van der Waals surface area contributed by atoms with Gasteiger partial charge in [0.25, 0.3) is 5.91 Å². The number of benzene rings is 3. The molecular formula is C28H29ClN4O2. The van der Waals surface area contributed by atoms with Crippen molar-refractivity contribution in [3.8, 4) is 0 Å². The van der Waals surface area contributed by atoms with Crippen LogP contribution in [0.1, 0.15) is 21.5 Å². The van der Waals surface area contributed by atoms with Gasteiger partial charge in [0.2, 0.25) is 5.91 Å². The van der Waals surface area contributed by atoms with Gasteiger partial charge in [-0.2, -0.15) is 0 Å². The van der Waals surface area contributed by atoms with E-state index in [-0.39, 0.29) is 18.4 Å². The minimum Gasteiger partial charge on any atom is -0.367 e. The lowest BCUT2D eigenvalue weighted by molar-refractivity contribution is -0.117. The first-order chi connectivity index (χ1) is 17.1. The molecule has 6 nitrogen and oxygen atoms in total. The van der Waals surface area contributed by atoms with Gasteiger partial charge in [0.1, 0.15) is 0 Å². The zero-order chi connectivity index (χ0) is 24.2. The van der Waals surface area contributed by atoms with Gasteiger partial charge in [-0.25, -0.2) is 0 Å². The molecule has 1 N–H and O–H groups in total. The number of hydrogen-bond donors (Lipinski definition) is 1. The first-order valence-corrected chi connectivity index (χ1v) is 12.4. The molecule has 180 valence electrons. The van der Waals surface area contributed by atoms with Crippen LogP contribution in [-0.4, -0.2) is 60.9 Å². The van der Waals surface area contributed by atoms with Crippen LogP contribution in [0.25, 0.3) is 0 Å². The smallest absolute Gasteiger partial charge is 0.253 e. The second kappa shape index (κ2) is 10.5. The number of rotatable bonds is 5. The summed E-state index contributed by atoms with van der Waals surface area (Å²) < 4.78 is 0. The lowest BCUT2D eigenvalue weighted by Crippen LogP contribution is -2.50. The quantitative estimate of drug-likeness (QED) is 0.582. The van der Waals surface area contributed by atoms with Crippen molar-refractivity contribution in [2.45, 2.75) is 13.0 Å². The third-order valence-electron chi connectivity index (χ3n) is 6.78. The fourth-order valence-electron chi connectivity index (χ4n) is 4.78. The molecular weight excluding hydrogens is 460 g/mol. The number of amides is 2. The van der Waals surface area contributed by atoms with Crippen LogP contribution in [0, 0.1) is 0 Å². The largest absolute Gasteiger partial charge is 0.367 e. The maximum atomic E-state index is 13.1. The van der Waals surface area contributed by atoms with Crippen LogP contribution in [0.15, 0.2) is 72.8 Å². The molecule has 3 aromatic rings. The first-order valence-electron chi connectivity index (χ1n) is 12.0. The molecule has 1 fully saturated rings. The Hall–Kier alpha value is -3.35. The molecule has 5 rings (SSSR count). The number of nitrogens with zero attached hydrogens (tertiary/aromatic N) is 3. The predicted molar refractivity (Wildman–Crippen MR) is 140 cm³/mol. The second-order valence-corrected chi connectivity index (χ2v) is 9.49. The molecule has 2 heterocycles. The summed E-state index contributed by atoms with van der Waals surface area (Å²) in [4.78, 5) is 31.8. The van der Waals surface area contributed by atoms with Crippen molar-refractivity contribution in [1.29, 1.82) is 0 Å². The summed E-state index contributed by atoms with van der Waals surface area (Å²) in [5, 5.41) is 3.38. The molecule has 0 saturated carbocycles. The molecule has 0 aliphatic carbocycles. The van der Waals surface area contributed by atoms with E-state index in [1.54, 1.807) is 12.1 Å². The van der Waals surface area contributed by atoms with E-state index in [4.69, 9.17) is 11.6 Å². The molecule has 7 heteroatoms. The molecule has 0 atom stereocenters. The Labute approximate surface area is 211 Å². The summed E-state index contributed by atoms with van der Waals surface area (Å²) in [6.07, 6.45) is 1.04. The Balaban J connectivity index is 1.12. The fourth-order valence-corrected chi connectivity index (χ4v) is 4.96. The number of nitrogens with one attached hydrogen (secondary N) is 1. The summed E-state index contributed by atoms with van der Waals surface area (Å²) in [6.45, 7) is 4.68. The van der Waals surface area contributed by atoms with E-state index in [1.807, 2.05) is 29.2 Å². The van der Waals surface area contributed by atoms with Crippen molar-refractivity contribution in [2.24, 2.45) is 0 Å². The first kappa shape index (κ1) is 23.4. The molecule has 35 heavy (non-hydrogen) atoms. The van der Waals surface area contributed by atoms with E-state index >= 15 is 0 Å². The normalized spacial score (nSPS) is 16.0. The predicted octanol–water partition coefficient (Wildman–Crippen LogP) is 4.30. The highest BCUT2D eigenvalue weighted by Gasteiger charge is 2.24. The second-order valence-electron chi connectivity index (χ2n) is 9.08. The standard InChI is InChI=1S/C28H29ClN4O2/c29-25-7-3-4-8-26(25)30-27(34)20-31-15-17-32(18-16-31)28(35)22-9-11-24(12-10-22)33-14-13-21-5-1-2-6-23(21)19-33/h1-12H,13-20H2,(H,30,34). The van der Waals surface area contributed by atoms with Crippen molar-refractivity contribution in [3.63, 3.8) is 0 Å². The third-order valence-corrected chi connectivity index (χ3v) is 7.11. The van der Waals surface area contributed by atoms with E-state index in [0.29, 0.717) is 42.5 Å². The van der Waals surface area contributed by atoms with Crippen LogP contribution in [0.2, 0.25) is 5.02 Å². The number of piperazine rings is 1. The summed E-state index contributed by atoms with van der Waals surface area (Å²) in [5.41, 5.74) is 5.26. The molecule has 0 bridgehead atoms. The molecule has 2 aliphatic heterocycles. The summed E-state index contributed by atoms with van der Waals surface area (Å²) in [5.74, 6) is -0.0606. The maximum absolute atomic E-state index is 13.1. The van der Waals surface area contributed by atoms with Gasteiger partial charge >= 0.3 is 0 Å². The summed E-state index contributed by atoms with van der Waals surface area (Å²) in [6, 6.07) is 23.8. The van der Waals surface area contributed by atoms with E-state index in [2.05, 4.69) is 51.5 Å². The molecule has 2 amide bonds. The van der Waals surface area contributed by atoms with Crippen LogP contribution in [-0.2, 0) is 17.8 Å². The van der Waals surface area contributed by atoms with Crippen LogP contribution >= 0.6 is 11.6 Å². The Kier molecular flexibility index (Phi) is 7.02. The lowest BCUT2D eigenvalue weighted by atomic mass is 9.99. The average molecular weight is 489 g/mol. The van der Waals surface area contributed by atoms with Crippen LogP contribution in [0.4, 0.5) is 11.4 Å². The fraction of sp³-hybridized carbons (Fsp3) is 0.286. The van der Waals surface area contributed by atoms with E-state index in [9.17, 15) is 9.59 Å². The molecule has 3 aromatic carbocycles. The number of fused-ring (bicyclic) bond motifs is 1. The van der Waals surface area contributed by atoms with Gasteiger partial charge in [-0.05, 0) is 53.9 Å². The van der Waals surface area contributed by atoms with E-state index in [1.165, 1.54) is 11.1 Å². The zero-order valence-corrected chi connectivity index (χ0v) is 20.4. The number of carbonyl (C=O) groups excluding carboxylic acids is 2.